The molecule has 0 radical (unpaired) electrons. The third kappa shape index (κ3) is 5.52. The van der Waals surface area contributed by atoms with Crippen molar-refractivity contribution in [3.63, 3.8) is 0 Å². The Hall–Kier alpha value is -2.12. The molecule has 2 fully saturated rings. The van der Waals surface area contributed by atoms with E-state index in [0.717, 1.165) is 37.1 Å². The fraction of sp³-hybridized carbons (Fsp3) is 0.591. The summed E-state index contributed by atoms with van der Waals surface area (Å²) >= 11 is 6.05. The van der Waals surface area contributed by atoms with E-state index < -0.39 is 0 Å². The summed E-state index contributed by atoms with van der Waals surface area (Å²) in [6, 6.07) is 7.47. The molecule has 1 N–H and O–H groups in total. The summed E-state index contributed by atoms with van der Waals surface area (Å²) in [4.78, 5) is 14.3. The fourth-order valence-corrected chi connectivity index (χ4v) is 4.48. The standard InChI is InChI=1S/C22H31ClN6O/c1-2-24-22(29-13-9-17(16-29)15-28-11-3-4-12-28)25-10-8-20-26-21(27-30-20)18-6-5-7-19(23)14-18/h5-7,14,17H,2-4,8-13,15-16H2,1H3,(H,24,25). The molecule has 1 aromatic carbocycles. The molecule has 0 saturated carbocycles. The molecule has 0 amide bonds. The van der Waals surface area contributed by atoms with Gasteiger partial charge in [-0.15, -0.1) is 0 Å². The number of guanidine groups is 1. The van der Waals surface area contributed by atoms with E-state index in [4.69, 9.17) is 21.1 Å². The highest BCUT2D eigenvalue weighted by molar-refractivity contribution is 6.30. The van der Waals surface area contributed by atoms with Crippen LogP contribution in [-0.4, -0.2) is 71.7 Å². The number of likely N-dealkylation sites (tertiary alicyclic amines) is 2. The maximum absolute atomic E-state index is 6.05. The van der Waals surface area contributed by atoms with Crippen LogP contribution in [0.2, 0.25) is 5.02 Å². The van der Waals surface area contributed by atoms with Crippen molar-refractivity contribution in [1.29, 1.82) is 0 Å². The summed E-state index contributed by atoms with van der Waals surface area (Å²) in [5.41, 5.74) is 0.857. The highest BCUT2D eigenvalue weighted by Crippen LogP contribution is 2.21. The van der Waals surface area contributed by atoms with E-state index in [1.54, 1.807) is 0 Å². The molecule has 8 heteroatoms. The van der Waals surface area contributed by atoms with E-state index in [2.05, 4.69) is 32.2 Å². The van der Waals surface area contributed by atoms with Gasteiger partial charge in [0.15, 0.2) is 5.96 Å². The van der Waals surface area contributed by atoms with Crippen LogP contribution in [-0.2, 0) is 6.42 Å². The Labute approximate surface area is 183 Å². The molecule has 7 nitrogen and oxygen atoms in total. The number of aliphatic imine (C=N–C) groups is 1. The van der Waals surface area contributed by atoms with Crippen LogP contribution in [0.25, 0.3) is 11.4 Å². The van der Waals surface area contributed by atoms with Gasteiger partial charge in [0.2, 0.25) is 11.7 Å². The van der Waals surface area contributed by atoms with Crippen LogP contribution in [0.3, 0.4) is 0 Å². The van der Waals surface area contributed by atoms with Crippen molar-refractivity contribution in [2.75, 3.05) is 45.8 Å². The van der Waals surface area contributed by atoms with Crippen LogP contribution in [0.4, 0.5) is 0 Å². The van der Waals surface area contributed by atoms with Crippen molar-refractivity contribution >= 4 is 17.6 Å². The van der Waals surface area contributed by atoms with Gasteiger partial charge < -0.3 is 19.6 Å². The summed E-state index contributed by atoms with van der Waals surface area (Å²) in [5, 5.41) is 8.18. The lowest BCUT2D eigenvalue weighted by Crippen LogP contribution is -2.41. The van der Waals surface area contributed by atoms with Gasteiger partial charge in [0, 0.05) is 43.2 Å². The summed E-state index contributed by atoms with van der Waals surface area (Å²) < 4.78 is 5.40. The zero-order valence-corrected chi connectivity index (χ0v) is 18.4. The van der Waals surface area contributed by atoms with Crippen LogP contribution in [0.5, 0.6) is 0 Å². The Bertz CT molecular complexity index is 848. The average Bonchev–Trinajstić information content (AvgIpc) is 3.50. The van der Waals surface area contributed by atoms with E-state index in [0.29, 0.717) is 29.7 Å². The average molecular weight is 431 g/mol. The SMILES string of the molecule is CCNC(=NCCc1nc(-c2cccc(Cl)c2)no1)N1CCC(CN2CCCC2)C1. The molecule has 162 valence electrons. The molecule has 0 aliphatic carbocycles. The maximum Gasteiger partial charge on any atom is 0.228 e. The van der Waals surface area contributed by atoms with Gasteiger partial charge in [0.05, 0.1) is 6.54 Å². The van der Waals surface area contributed by atoms with E-state index in [1.165, 1.54) is 38.9 Å². The molecule has 1 atom stereocenters. The second kappa shape index (κ2) is 10.3. The minimum atomic E-state index is 0.563. The number of hydrogen-bond acceptors (Lipinski definition) is 5. The van der Waals surface area contributed by atoms with Crippen LogP contribution in [0.15, 0.2) is 33.8 Å². The van der Waals surface area contributed by atoms with Crippen molar-refractivity contribution in [2.45, 2.75) is 32.6 Å². The minimum Gasteiger partial charge on any atom is -0.357 e. The van der Waals surface area contributed by atoms with Gasteiger partial charge in [-0.25, -0.2) is 0 Å². The van der Waals surface area contributed by atoms with E-state index in [-0.39, 0.29) is 0 Å². The number of halogens is 1. The van der Waals surface area contributed by atoms with Gasteiger partial charge in [-0.1, -0.05) is 28.9 Å². The molecule has 4 rings (SSSR count). The van der Waals surface area contributed by atoms with Crippen LogP contribution >= 0.6 is 11.6 Å². The van der Waals surface area contributed by atoms with Gasteiger partial charge in [0.1, 0.15) is 0 Å². The van der Waals surface area contributed by atoms with Crippen molar-refractivity contribution in [2.24, 2.45) is 10.9 Å². The van der Waals surface area contributed by atoms with E-state index in [1.807, 2.05) is 24.3 Å². The van der Waals surface area contributed by atoms with Gasteiger partial charge in [-0.05, 0) is 57.3 Å². The molecular formula is C22H31ClN6O. The molecule has 30 heavy (non-hydrogen) atoms. The summed E-state index contributed by atoms with van der Waals surface area (Å²) in [7, 11) is 0. The molecule has 2 aliphatic rings. The number of benzene rings is 1. The summed E-state index contributed by atoms with van der Waals surface area (Å²) in [6.07, 6.45) is 4.57. The quantitative estimate of drug-likeness (QED) is 0.536. The number of rotatable bonds is 7. The number of hydrogen-bond donors (Lipinski definition) is 1. The summed E-state index contributed by atoms with van der Waals surface area (Å²) in [6.45, 7) is 9.52. The van der Waals surface area contributed by atoms with Gasteiger partial charge in [-0.2, -0.15) is 4.98 Å². The first-order chi connectivity index (χ1) is 14.7. The lowest BCUT2D eigenvalue weighted by Gasteiger charge is -2.23. The fourth-order valence-electron chi connectivity index (χ4n) is 4.29. The predicted octanol–water partition coefficient (Wildman–Crippen LogP) is 3.32. The van der Waals surface area contributed by atoms with Crippen LogP contribution in [0.1, 0.15) is 32.1 Å². The lowest BCUT2D eigenvalue weighted by molar-refractivity contribution is 0.281. The Morgan fingerprint density at radius 2 is 2.17 bits per heavy atom. The van der Waals surface area contributed by atoms with Crippen molar-refractivity contribution in [3.8, 4) is 11.4 Å². The van der Waals surface area contributed by atoms with Gasteiger partial charge in [-0.3, -0.25) is 4.99 Å². The van der Waals surface area contributed by atoms with E-state index >= 15 is 0 Å². The normalized spacial score (nSPS) is 20.3. The monoisotopic (exact) mass is 430 g/mol. The van der Waals surface area contributed by atoms with E-state index in [9.17, 15) is 0 Å². The third-order valence-corrected chi connectivity index (χ3v) is 6.01. The third-order valence-electron chi connectivity index (χ3n) is 5.77. The summed E-state index contributed by atoms with van der Waals surface area (Å²) in [5.74, 6) is 2.89. The van der Waals surface area contributed by atoms with Crippen LogP contribution in [0, 0.1) is 5.92 Å². The lowest BCUT2D eigenvalue weighted by atomic mass is 10.1. The zero-order valence-electron chi connectivity index (χ0n) is 17.7. The predicted molar refractivity (Wildman–Crippen MR) is 120 cm³/mol. The van der Waals surface area contributed by atoms with Crippen molar-refractivity contribution in [3.05, 3.63) is 35.2 Å². The molecule has 0 bridgehead atoms. The van der Waals surface area contributed by atoms with Crippen molar-refractivity contribution in [1.82, 2.24) is 25.3 Å². The maximum atomic E-state index is 6.05. The first-order valence-corrected chi connectivity index (χ1v) is 11.4. The smallest absolute Gasteiger partial charge is 0.228 e. The first-order valence-electron chi connectivity index (χ1n) is 11.1. The minimum absolute atomic E-state index is 0.563. The second-order valence-electron chi connectivity index (χ2n) is 8.12. The Kier molecular flexibility index (Phi) is 7.23. The number of aromatic nitrogens is 2. The molecular weight excluding hydrogens is 400 g/mol. The molecule has 2 saturated heterocycles. The zero-order chi connectivity index (χ0) is 20.8. The Balaban J connectivity index is 1.31. The van der Waals surface area contributed by atoms with Gasteiger partial charge in [0.25, 0.3) is 0 Å². The number of nitrogens with one attached hydrogen (secondary N) is 1. The van der Waals surface area contributed by atoms with Gasteiger partial charge >= 0.3 is 0 Å². The first kappa shape index (κ1) is 21.1. The highest BCUT2D eigenvalue weighted by atomic mass is 35.5. The number of nitrogens with zero attached hydrogens (tertiary/aromatic N) is 5. The molecule has 3 heterocycles. The molecule has 1 aromatic heterocycles. The topological polar surface area (TPSA) is 69.8 Å². The largest absolute Gasteiger partial charge is 0.357 e. The molecule has 2 aromatic rings. The highest BCUT2D eigenvalue weighted by Gasteiger charge is 2.27. The molecule has 1 unspecified atom stereocenters. The second-order valence-corrected chi connectivity index (χ2v) is 8.55. The molecule has 0 spiro atoms. The Morgan fingerprint density at radius 1 is 1.30 bits per heavy atom. The molecule has 2 aliphatic heterocycles. The van der Waals surface area contributed by atoms with Crippen molar-refractivity contribution < 1.29 is 4.52 Å². The van der Waals surface area contributed by atoms with Crippen LogP contribution < -0.4 is 5.32 Å². The Morgan fingerprint density at radius 3 is 2.97 bits per heavy atom.